The van der Waals surface area contributed by atoms with Crippen LogP contribution in [-0.2, 0) is 17.9 Å². The third-order valence-electron chi connectivity index (χ3n) is 6.32. The first-order valence-electron chi connectivity index (χ1n) is 11.0. The minimum Gasteiger partial charge on any atom is -0.485 e. The molecule has 0 radical (unpaired) electrons. The molecule has 0 amide bonds. The minimum atomic E-state index is -0.732. The van der Waals surface area contributed by atoms with Crippen LogP contribution in [0.15, 0.2) is 24.4 Å². The highest BCUT2D eigenvalue weighted by molar-refractivity contribution is 5.71. The summed E-state index contributed by atoms with van der Waals surface area (Å²) in [4.78, 5) is 22.1. The van der Waals surface area contributed by atoms with Gasteiger partial charge in [0.2, 0.25) is 0 Å². The van der Waals surface area contributed by atoms with Crippen LogP contribution in [0.1, 0.15) is 66.2 Å². The molecule has 2 aromatic heterocycles. The van der Waals surface area contributed by atoms with Crippen LogP contribution in [0.5, 0.6) is 5.75 Å². The molecule has 2 aliphatic rings. The molecule has 0 spiro atoms. The molecule has 1 aliphatic carbocycles. The summed E-state index contributed by atoms with van der Waals surface area (Å²) in [6.45, 7) is 3.96. The summed E-state index contributed by atoms with van der Waals surface area (Å²) in [5.74, 6) is 0.137. The fraction of sp³-hybridized carbons (Fsp3) is 0.500. The fourth-order valence-corrected chi connectivity index (χ4v) is 4.50. The summed E-state index contributed by atoms with van der Waals surface area (Å²) in [7, 11) is 0. The standard InChI is InChI=1S/C24H28N4O3/c1-16-23(8-7-20(27-16)14-28-12-19(13-28)24(29)30)31-15-21-9-18(10-25)22(11-26-21)17-5-3-2-4-6-17/h7-9,11,17,19H,2-6,12-15H2,1H3,(H,29,30). The van der Waals surface area contributed by atoms with Gasteiger partial charge in [-0.25, -0.2) is 0 Å². The molecule has 0 unspecified atom stereocenters. The third-order valence-corrected chi connectivity index (χ3v) is 6.32. The van der Waals surface area contributed by atoms with Crippen molar-refractivity contribution in [1.29, 1.82) is 5.26 Å². The molecule has 31 heavy (non-hydrogen) atoms. The number of likely N-dealkylation sites (tertiary alicyclic amines) is 1. The zero-order valence-electron chi connectivity index (χ0n) is 17.9. The largest absolute Gasteiger partial charge is 0.485 e. The van der Waals surface area contributed by atoms with Crippen LogP contribution in [0.2, 0.25) is 0 Å². The number of nitriles is 1. The number of nitrogens with zero attached hydrogens (tertiary/aromatic N) is 4. The van der Waals surface area contributed by atoms with E-state index in [0.717, 1.165) is 35.5 Å². The number of aromatic nitrogens is 2. The normalized spacial score (nSPS) is 17.7. The molecule has 2 aromatic rings. The van der Waals surface area contributed by atoms with Gasteiger partial charge >= 0.3 is 5.97 Å². The molecule has 0 atom stereocenters. The average Bonchev–Trinajstić information content (AvgIpc) is 2.75. The van der Waals surface area contributed by atoms with Crippen molar-refractivity contribution in [2.45, 2.75) is 58.1 Å². The second-order valence-electron chi connectivity index (χ2n) is 8.61. The highest BCUT2D eigenvalue weighted by Crippen LogP contribution is 2.34. The molecule has 4 rings (SSSR count). The van der Waals surface area contributed by atoms with Gasteiger partial charge in [-0.2, -0.15) is 5.26 Å². The maximum absolute atomic E-state index is 10.9. The highest BCUT2D eigenvalue weighted by Gasteiger charge is 2.32. The van der Waals surface area contributed by atoms with Crippen molar-refractivity contribution in [1.82, 2.24) is 14.9 Å². The first kappa shape index (κ1) is 21.3. The Morgan fingerprint density at radius 3 is 2.71 bits per heavy atom. The number of aryl methyl sites for hydroxylation is 1. The maximum Gasteiger partial charge on any atom is 0.309 e. The van der Waals surface area contributed by atoms with E-state index in [1.807, 2.05) is 31.3 Å². The van der Waals surface area contributed by atoms with Crippen molar-refractivity contribution in [3.63, 3.8) is 0 Å². The van der Waals surface area contributed by atoms with Crippen molar-refractivity contribution >= 4 is 5.97 Å². The van der Waals surface area contributed by atoms with Gasteiger partial charge in [-0.1, -0.05) is 19.3 Å². The van der Waals surface area contributed by atoms with E-state index >= 15 is 0 Å². The van der Waals surface area contributed by atoms with Gasteiger partial charge in [0.15, 0.2) is 0 Å². The number of ether oxygens (including phenoxy) is 1. The highest BCUT2D eigenvalue weighted by atomic mass is 16.5. The third kappa shape index (κ3) is 5.02. The van der Waals surface area contributed by atoms with E-state index in [0.29, 0.717) is 36.9 Å². The lowest BCUT2D eigenvalue weighted by Gasteiger charge is -2.36. The molecule has 1 aliphatic heterocycles. The lowest BCUT2D eigenvalue weighted by molar-refractivity contribution is -0.147. The van der Waals surface area contributed by atoms with Crippen molar-refractivity contribution in [3.8, 4) is 11.8 Å². The summed E-state index contributed by atoms with van der Waals surface area (Å²) >= 11 is 0. The van der Waals surface area contributed by atoms with Crippen molar-refractivity contribution < 1.29 is 14.6 Å². The SMILES string of the molecule is Cc1nc(CN2CC(C(=O)O)C2)ccc1OCc1cc(C#N)c(C2CCCCC2)cn1. The number of carbonyl (C=O) groups is 1. The summed E-state index contributed by atoms with van der Waals surface area (Å²) < 4.78 is 5.93. The van der Waals surface area contributed by atoms with Crippen LogP contribution in [0, 0.1) is 24.2 Å². The molecule has 0 aromatic carbocycles. The smallest absolute Gasteiger partial charge is 0.309 e. The fourth-order valence-electron chi connectivity index (χ4n) is 4.50. The summed E-state index contributed by atoms with van der Waals surface area (Å²) in [5, 5.41) is 18.6. The van der Waals surface area contributed by atoms with Gasteiger partial charge in [0.1, 0.15) is 12.4 Å². The lowest BCUT2D eigenvalue weighted by Crippen LogP contribution is -2.49. The van der Waals surface area contributed by atoms with E-state index in [2.05, 4.69) is 20.9 Å². The number of aliphatic carboxylic acids is 1. The molecular formula is C24H28N4O3. The Kier molecular flexibility index (Phi) is 6.47. The average molecular weight is 421 g/mol. The van der Waals surface area contributed by atoms with Crippen LogP contribution in [0.4, 0.5) is 0 Å². The van der Waals surface area contributed by atoms with Gasteiger partial charge in [-0.15, -0.1) is 0 Å². The first-order chi connectivity index (χ1) is 15.0. The molecule has 1 saturated heterocycles. The molecule has 1 saturated carbocycles. The number of hydrogen-bond acceptors (Lipinski definition) is 6. The first-order valence-corrected chi connectivity index (χ1v) is 11.0. The van der Waals surface area contributed by atoms with Gasteiger partial charge in [-0.05, 0) is 49.4 Å². The molecule has 2 fully saturated rings. The predicted octanol–water partition coefficient (Wildman–Crippen LogP) is 3.80. The zero-order valence-corrected chi connectivity index (χ0v) is 17.9. The summed E-state index contributed by atoms with van der Waals surface area (Å²) in [6, 6.07) is 8.00. The number of carboxylic acid groups (broad SMARTS) is 1. The van der Waals surface area contributed by atoms with E-state index in [1.54, 1.807) is 0 Å². The monoisotopic (exact) mass is 420 g/mol. The van der Waals surface area contributed by atoms with Crippen LogP contribution in [-0.4, -0.2) is 39.0 Å². The molecule has 7 nitrogen and oxygen atoms in total. The number of hydrogen-bond donors (Lipinski definition) is 1. The summed E-state index contributed by atoms with van der Waals surface area (Å²) in [5.41, 5.74) is 4.20. The van der Waals surface area contributed by atoms with Crippen molar-refractivity contribution in [2.24, 2.45) is 5.92 Å². The van der Waals surface area contributed by atoms with E-state index in [1.165, 1.54) is 19.3 Å². The molecule has 1 N–H and O–H groups in total. The van der Waals surface area contributed by atoms with Crippen LogP contribution in [0.25, 0.3) is 0 Å². The van der Waals surface area contributed by atoms with Gasteiger partial charge in [-0.3, -0.25) is 19.7 Å². The van der Waals surface area contributed by atoms with E-state index in [-0.39, 0.29) is 12.5 Å². The number of rotatable bonds is 7. The van der Waals surface area contributed by atoms with E-state index < -0.39 is 5.97 Å². The maximum atomic E-state index is 10.9. The molecular weight excluding hydrogens is 392 g/mol. The summed E-state index contributed by atoms with van der Waals surface area (Å²) in [6.07, 6.45) is 7.86. The molecule has 3 heterocycles. The van der Waals surface area contributed by atoms with Crippen molar-refractivity contribution in [3.05, 3.63) is 52.6 Å². The molecule has 0 bridgehead atoms. The molecule has 7 heteroatoms. The lowest BCUT2D eigenvalue weighted by atomic mass is 9.83. The quantitative estimate of drug-likeness (QED) is 0.727. The zero-order chi connectivity index (χ0) is 21.8. The van der Waals surface area contributed by atoms with Gasteiger partial charge in [0.25, 0.3) is 0 Å². The Bertz CT molecular complexity index is 989. The van der Waals surface area contributed by atoms with Crippen LogP contribution >= 0.6 is 0 Å². The van der Waals surface area contributed by atoms with Gasteiger partial charge in [0.05, 0.1) is 34.6 Å². The van der Waals surface area contributed by atoms with E-state index in [4.69, 9.17) is 9.84 Å². The minimum absolute atomic E-state index is 0.265. The van der Waals surface area contributed by atoms with Crippen LogP contribution in [0.3, 0.4) is 0 Å². The Hall–Kier alpha value is -2.98. The number of pyridine rings is 2. The number of carboxylic acids is 1. The Morgan fingerprint density at radius 1 is 1.26 bits per heavy atom. The van der Waals surface area contributed by atoms with Gasteiger partial charge in [0, 0.05) is 25.8 Å². The van der Waals surface area contributed by atoms with Crippen LogP contribution < -0.4 is 4.74 Å². The van der Waals surface area contributed by atoms with Crippen molar-refractivity contribution in [2.75, 3.05) is 13.1 Å². The predicted molar refractivity (Wildman–Crippen MR) is 114 cm³/mol. The second-order valence-corrected chi connectivity index (χ2v) is 8.61. The second kappa shape index (κ2) is 9.44. The Labute approximate surface area is 182 Å². The Balaban J connectivity index is 1.35. The van der Waals surface area contributed by atoms with E-state index in [9.17, 15) is 10.1 Å². The molecule has 162 valence electrons. The van der Waals surface area contributed by atoms with Gasteiger partial charge < -0.3 is 9.84 Å². The topological polar surface area (TPSA) is 99.3 Å². The Morgan fingerprint density at radius 2 is 2.03 bits per heavy atom.